The van der Waals surface area contributed by atoms with Crippen molar-refractivity contribution in [3.05, 3.63) is 52.7 Å². The number of carbonyl (C=O) groups is 1. The van der Waals surface area contributed by atoms with Crippen LogP contribution in [0.25, 0.3) is 0 Å². The van der Waals surface area contributed by atoms with E-state index in [-0.39, 0.29) is 16.6 Å². The Hall–Kier alpha value is -2.21. The molecule has 1 aliphatic rings. The minimum absolute atomic E-state index is 0.0675. The highest BCUT2D eigenvalue weighted by molar-refractivity contribution is 6.31. The number of carbonyl (C=O) groups excluding carboxylic acids is 1. The van der Waals surface area contributed by atoms with Crippen LogP contribution in [0, 0.1) is 11.6 Å². The monoisotopic (exact) mass is 323 g/mol. The van der Waals surface area contributed by atoms with Gasteiger partial charge >= 0.3 is 0 Å². The van der Waals surface area contributed by atoms with E-state index >= 15 is 0 Å². The van der Waals surface area contributed by atoms with E-state index in [1.165, 1.54) is 7.05 Å². The first-order chi connectivity index (χ1) is 10.5. The van der Waals surface area contributed by atoms with Crippen LogP contribution in [0.5, 0.6) is 0 Å². The van der Waals surface area contributed by atoms with Gasteiger partial charge in [-0.25, -0.2) is 13.8 Å². The molecule has 2 heterocycles. The summed E-state index contributed by atoms with van der Waals surface area (Å²) in [6, 6.07) is 4.89. The molecule has 4 nitrogen and oxygen atoms in total. The van der Waals surface area contributed by atoms with Crippen molar-refractivity contribution in [3.8, 4) is 0 Å². The Kier molecular flexibility index (Phi) is 3.70. The molecule has 1 aliphatic heterocycles. The van der Waals surface area contributed by atoms with E-state index in [0.29, 0.717) is 18.3 Å². The number of pyridine rings is 1. The summed E-state index contributed by atoms with van der Waals surface area (Å²) in [6.07, 6.45) is 2.09. The molecule has 3 rings (SSSR count). The summed E-state index contributed by atoms with van der Waals surface area (Å²) in [7, 11) is 1.42. The average molecular weight is 324 g/mol. The second-order valence-corrected chi connectivity index (χ2v) is 5.43. The molecule has 2 aromatic rings. The lowest BCUT2D eigenvalue weighted by molar-refractivity contribution is -0.118. The van der Waals surface area contributed by atoms with Crippen LogP contribution in [0.15, 0.2) is 30.5 Å². The Morgan fingerprint density at radius 1 is 1.41 bits per heavy atom. The number of nitrogens with one attached hydrogen (secondary N) is 1. The summed E-state index contributed by atoms with van der Waals surface area (Å²) in [4.78, 5) is 17.8. The molecule has 0 aliphatic carbocycles. The fourth-order valence-electron chi connectivity index (χ4n) is 2.44. The number of hydrogen-bond acceptors (Lipinski definition) is 3. The minimum atomic E-state index is -0.862. The molecule has 1 atom stereocenters. The Morgan fingerprint density at radius 3 is 2.91 bits per heavy atom. The van der Waals surface area contributed by atoms with Crippen LogP contribution in [0.4, 0.5) is 20.3 Å². The zero-order valence-corrected chi connectivity index (χ0v) is 12.4. The van der Waals surface area contributed by atoms with Crippen molar-refractivity contribution in [2.45, 2.75) is 12.5 Å². The minimum Gasteiger partial charge on any atom is -0.358 e. The van der Waals surface area contributed by atoms with E-state index in [1.54, 1.807) is 12.3 Å². The number of rotatable bonds is 2. The number of hydrogen-bond donors (Lipinski definition) is 1. The van der Waals surface area contributed by atoms with Crippen LogP contribution in [0.2, 0.25) is 5.02 Å². The van der Waals surface area contributed by atoms with E-state index in [1.807, 2.05) is 6.07 Å². The first-order valence-electron chi connectivity index (χ1n) is 6.60. The topological polar surface area (TPSA) is 45.2 Å². The Labute approximate surface area is 130 Å². The lowest BCUT2D eigenvalue weighted by Crippen LogP contribution is -2.40. The molecular formula is C15H12ClF2N3O. The van der Waals surface area contributed by atoms with E-state index < -0.39 is 17.7 Å². The van der Waals surface area contributed by atoms with Crippen molar-refractivity contribution in [2.75, 3.05) is 17.3 Å². The maximum atomic E-state index is 13.9. The highest BCUT2D eigenvalue weighted by Crippen LogP contribution is 2.28. The maximum absolute atomic E-state index is 13.9. The second-order valence-electron chi connectivity index (χ2n) is 5.03. The Balaban J connectivity index is 1.83. The summed E-state index contributed by atoms with van der Waals surface area (Å²) < 4.78 is 27.1. The van der Waals surface area contributed by atoms with Crippen LogP contribution in [-0.2, 0) is 11.2 Å². The molecule has 0 fully saturated rings. The SMILES string of the molecule is CN(C(=O)C1Cc2cccnc2N1)c1cc(Cl)c(F)cc1F. The summed E-state index contributed by atoms with van der Waals surface area (Å²) >= 11 is 5.66. The summed E-state index contributed by atoms with van der Waals surface area (Å²) in [5.41, 5.74) is 0.856. The molecule has 22 heavy (non-hydrogen) atoms. The first-order valence-corrected chi connectivity index (χ1v) is 6.97. The number of benzene rings is 1. The number of amides is 1. The highest BCUT2D eigenvalue weighted by atomic mass is 35.5. The van der Waals surface area contributed by atoms with Gasteiger partial charge in [0.05, 0.1) is 10.7 Å². The third-order valence-corrected chi connectivity index (χ3v) is 3.90. The predicted octanol–water partition coefficient (Wildman–Crippen LogP) is 3.01. The van der Waals surface area contributed by atoms with Crippen molar-refractivity contribution in [3.63, 3.8) is 0 Å². The van der Waals surface area contributed by atoms with Crippen LogP contribution in [0.1, 0.15) is 5.56 Å². The maximum Gasteiger partial charge on any atom is 0.249 e. The van der Waals surface area contributed by atoms with Gasteiger partial charge < -0.3 is 10.2 Å². The fourth-order valence-corrected chi connectivity index (χ4v) is 2.60. The molecule has 0 saturated heterocycles. The van der Waals surface area contributed by atoms with Gasteiger partial charge in [-0.1, -0.05) is 17.7 Å². The molecule has 114 valence electrons. The summed E-state index contributed by atoms with van der Waals surface area (Å²) in [6.45, 7) is 0. The van der Waals surface area contributed by atoms with Crippen LogP contribution in [-0.4, -0.2) is 24.0 Å². The molecule has 1 aromatic carbocycles. The van der Waals surface area contributed by atoms with E-state index in [9.17, 15) is 13.6 Å². The number of likely N-dealkylation sites (N-methyl/N-ethyl adjacent to an activating group) is 1. The fraction of sp³-hybridized carbons (Fsp3) is 0.200. The summed E-state index contributed by atoms with van der Waals surface area (Å²) in [5, 5.41) is 2.76. The number of fused-ring (bicyclic) bond motifs is 1. The molecule has 1 amide bonds. The number of aromatic nitrogens is 1. The van der Waals surface area contributed by atoms with Gasteiger partial charge in [-0.2, -0.15) is 0 Å². The van der Waals surface area contributed by atoms with Gasteiger partial charge in [0.15, 0.2) is 0 Å². The molecule has 0 saturated carbocycles. The Bertz CT molecular complexity index is 729. The Morgan fingerprint density at radius 2 is 2.18 bits per heavy atom. The molecule has 1 aromatic heterocycles. The number of nitrogens with zero attached hydrogens (tertiary/aromatic N) is 2. The van der Waals surface area contributed by atoms with Gasteiger partial charge in [-0.3, -0.25) is 4.79 Å². The largest absolute Gasteiger partial charge is 0.358 e. The lowest BCUT2D eigenvalue weighted by atomic mass is 10.1. The van der Waals surface area contributed by atoms with E-state index in [2.05, 4.69) is 10.3 Å². The standard InChI is InChI=1S/C15H12ClF2N3O/c1-21(13-6-9(16)10(17)7-11(13)18)15(22)12-5-8-3-2-4-19-14(8)20-12/h2-4,6-7,12H,5H2,1H3,(H,19,20). The lowest BCUT2D eigenvalue weighted by Gasteiger charge is -2.22. The van der Waals surface area contributed by atoms with Crippen LogP contribution >= 0.6 is 11.6 Å². The third kappa shape index (κ3) is 2.50. The van der Waals surface area contributed by atoms with Gasteiger partial charge in [-0.15, -0.1) is 0 Å². The zero-order chi connectivity index (χ0) is 15.9. The molecular weight excluding hydrogens is 312 g/mol. The normalized spacial score (nSPS) is 16.1. The van der Waals surface area contributed by atoms with E-state index in [4.69, 9.17) is 11.6 Å². The van der Waals surface area contributed by atoms with Gasteiger partial charge in [0.1, 0.15) is 23.5 Å². The predicted molar refractivity (Wildman–Crippen MR) is 80.1 cm³/mol. The molecule has 0 spiro atoms. The van der Waals surface area contributed by atoms with Crippen molar-refractivity contribution in [1.29, 1.82) is 0 Å². The highest BCUT2D eigenvalue weighted by Gasteiger charge is 2.31. The molecule has 1 unspecified atom stereocenters. The van der Waals surface area contributed by atoms with Gasteiger partial charge in [0.25, 0.3) is 0 Å². The first kappa shape index (κ1) is 14.7. The van der Waals surface area contributed by atoms with Crippen LogP contribution in [0.3, 0.4) is 0 Å². The quantitative estimate of drug-likeness (QED) is 0.864. The average Bonchev–Trinajstić information content (AvgIpc) is 2.93. The van der Waals surface area contributed by atoms with Gasteiger partial charge in [0.2, 0.25) is 5.91 Å². The zero-order valence-electron chi connectivity index (χ0n) is 11.6. The van der Waals surface area contributed by atoms with Crippen LogP contribution < -0.4 is 10.2 Å². The molecule has 0 bridgehead atoms. The van der Waals surface area contributed by atoms with Crippen molar-refractivity contribution < 1.29 is 13.6 Å². The second kappa shape index (κ2) is 5.53. The smallest absolute Gasteiger partial charge is 0.249 e. The van der Waals surface area contributed by atoms with Gasteiger partial charge in [0, 0.05) is 25.7 Å². The van der Waals surface area contributed by atoms with Gasteiger partial charge in [-0.05, 0) is 17.7 Å². The molecule has 0 radical (unpaired) electrons. The van der Waals surface area contributed by atoms with Crippen molar-refractivity contribution in [1.82, 2.24) is 4.98 Å². The molecule has 1 N–H and O–H groups in total. The van der Waals surface area contributed by atoms with E-state index in [0.717, 1.165) is 16.5 Å². The number of anilines is 2. The third-order valence-electron chi connectivity index (χ3n) is 3.61. The van der Waals surface area contributed by atoms with Crippen molar-refractivity contribution in [2.24, 2.45) is 0 Å². The van der Waals surface area contributed by atoms with Crippen molar-refractivity contribution >= 4 is 29.0 Å². The molecule has 7 heteroatoms. The summed E-state index contributed by atoms with van der Waals surface area (Å²) in [5.74, 6) is -1.41. The number of halogens is 3.